The van der Waals surface area contributed by atoms with Crippen LogP contribution in [0.15, 0.2) is 30.3 Å². The van der Waals surface area contributed by atoms with Gasteiger partial charge in [-0.3, -0.25) is 14.4 Å². The molecule has 3 rings (SSSR count). The average Bonchev–Trinajstić information content (AvgIpc) is 2.61. The number of hydrogen-bond acceptors (Lipinski definition) is 7. The van der Waals surface area contributed by atoms with E-state index in [1.165, 1.54) is 23.5 Å². The zero-order chi connectivity index (χ0) is 17.4. The van der Waals surface area contributed by atoms with E-state index in [1.807, 2.05) is 30.3 Å². The van der Waals surface area contributed by atoms with Crippen LogP contribution in [0.1, 0.15) is 10.4 Å². The van der Waals surface area contributed by atoms with Gasteiger partial charge in [-0.05, 0) is 0 Å². The summed E-state index contributed by atoms with van der Waals surface area (Å²) in [6.45, 7) is 0.987. The Balaban J connectivity index is 0.000000219. The molecule has 2 fully saturated rings. The Hall–Kier alpha value is -1.16. The minimum absolute atomic E-state index is 0.00371. The van der Waals surface area contributed by atoms with Crippen LogP contribution in [0.25, 0.3) is 0 Å². The van der Waals surface area contributed by atoms with Crippen molar-refractivity contribution in [3.8, 4) is 0 Å². The third-order valence-corrected chi connectivity index (χ3v) is 6.31. The van der Waals surface area contributed by atoms with E-state index in [-0.39, 0.29) is 26.9 Å². The number of aliphatic hydroxyl groups excluding tert-OH is 1. The van der Waals surface area contributed by atoms with Gasteiger partial charge in [-0.2, -0.15) is 0 Å². The fourth-order valence-corrected chi connectivity index (χ4v) is 4.33. The van der Waals surface area contributed by atoms with Gasteiger partial charge in [-0.25, -0.2) is 0 Å². The number of amides is 2. The maximum Gasteiger partial charge on any atom is 0.279 e. The van der Waals surface area contributed by atoms with Crippen LogP contribution in [0.5, 0.6) is 0 Å². The number of aliphatic hydroxyl groups is 1. The van der Waals surface area contributed by atoms with Gasteiger partial charge in [-0.1, -0.05) is 65.6 Å². The number of β-amino-alcohol motifs (C(OH)–C–C–N with tert-alkyl or cyclic N) is 1. The second kappa shape index (κ2) is 9.97. The van der Waals surface area contributed by atoms with Gasteiger partial charge in [0.2, 0.25) is 5.12 Å². The Morgan fingerprint density at radius 3 is 2.17 bits per heavy atom. The summed E-state index contributed by atoms with van der Waals surface area (Å²) < 4.78 is 0. The van der Waals surface area contributed by atoms with Gasteiger partial charge in [0, 0.05) is 35.4 Å². The highest BCUT2D eigenvalue weighted by atomic mass is 32.2. The molecule has 130 valence electrons. The minimum Gasteiger partial charge on any atom is -0.390 e. The largest absolute Gasteiger partial charge is 0.390 e. The molecule has 0 radical (unpaired) electrons. The molecule has 1 aromatic carbocycles. The van der Waals surface area contributed by atoms with Gasteiger partial charge in [-0.15, -0.1) is 0 Å². The number of hydrogen-bond donors (Lipinski definition) is 3. The van der Waals surface area contributed by atoms with E-state index in [2.05, 4.69) is 10.6 Å². The Kier molecular flexibility index (Phi) is 7.97. The SMILES string of the molecule is O=C1NCC(O)CS1.O=C1NCC(SC(=O)c2ccccc2)CS1. The first-order valence-corrected chi connectivity index (χ1v) is 10.1. The number of carbonyl (C=O) groups excluding carboxylic acids is 3. The highest BCUT2D eigenvalue weighted by Crippen LogP contribution is 2.23. The molecule has 0 spiro atoms. The van der Waals surface area contributed by atoms with E-state index < -0.39 is 0 Å². The molecule has 24 heavy (non-hydrogen) atoms. The summed E-state index contributed by atoms with van der Waals surface area (Å²) in [4.78, 5) is 33.1. The zero-order valence-corrected chi connectivity index (χ0v) is 15.2. The number of thioether (sulfide) groups is 3. The van der Waals surface area contributed by atoms with Crippen LogP contribution in [-0.2, 0) is 0 Å². The van der Waals surface area contributed by atoms with Crippen LogP contribution in [-0.4, -0.2) is 56.6 Å². The zero-order valence-electron chi connectivity index (χ0n) is 12.8. The molecule has 2 aliphatic heterocycles. The molecule has 2 aliphatic rings. The highest BCUT2D eigenvalue weighted by molar-refractivity contribution is 8.17. The molecule has 2 heterocycles. The van der Waals surface area contributed by atoms with Crippen LogP contribution in [0.2, 0.25) is 0 Å². The van der Waals surface area contributed by atoms with Gasteiger partial charge < -0.3 is 15.7 Å². The van der Waals surface area contributed by atoms with Crippen molar-refractivity contribution in [2.45, 2.75) is 11.4 Å². The van der Waals surface area contributed by atoms with Gasteiger partial charge >= 0.3 is 0 Å². The van der Waals surface area contributed by atoms with Crippen molar-refractivity contribution in [3.05, 3.63) is 35.9 Å². The predicted octanol–water partition coefficient (Wildman–Crippen LogP) is 2.19. The molecule has 2 unspecified atom stereocenters. The number of benzene rings is 1. The van der Waals surface area contributed by atoms with Crippen molar-refractivity contribution in [3.63, 3.8) is 0 Å². The molecule has 2 atom stereocenters. The number of carbonyl (C=O) groups is 3. The Bertz CT molecular complexity index is 565. The van der Waals surface area contributed by atoms with Crippen molar-refractivity contribution < 1.29 is 19.5 Å². The molecule has 0 aliphatic carbocycles. The van der Waals surface area contributed by atoms with Crippen LogP contribution in [0.4, 0.5) is 9.59 Å². The van der Waals surface area contributed by atoms with E-state index in [0.717, 1.165) is 17.3 Å². The summed E-state index contributed by atoms with van der Waals surface area (Å²) in [6, 6.07) is 9.21. The van der Waals surface area contributed by atoms with Crippen molar-refractivity contribution >= 4 is 50.9 Å². The second-order valence-electron chi connectivity index (χ2n) is 5.01. The fourth-order valence-electron chi connectivity index (χ4n) is 1.83. The summed E-state index contributed by atoms with van der Waals surface area (Å²) in [7, 11) is 0. The van der Waals surface area contributed by atoms with Gasteiger partial charge in [0.25, 0.3) is 10.5 Å². The standard InChI is InChI=1S/C11H11NO2S2.C4H7NO2S/c13-10(8-4-2-1-3-5-8)16-9-6-12-11(14)15-7-9;6-3-1-5-4(7)8-2-3/h1-5,9H,6-7H2,(H,12,14);3,6H,1-2H2,(H,5,7). The van der Waals surface area contributed by atoms with Crippen molar-refractivity contribution in [2.24, 2.45) is 0 Å². The minimum atomic E-state index is -0.349. The molecule has 3 N–H and O–H groups in total. The molecule has 0 saturated carbocycles. The summed E-state index contributed by atoms with van der Waals surface area (Å²) in [5.74, 6) is 1.24. The third-order valence-electron chi connectivity index (χ3n) is 3.05. The van der Waals surface area contributed by atoms with Crippen LogP contribution in [0.3, 0.4) is 0 Å². The Morgan fingerprint density at radius 1 is 1.04 bits per heavy atom. The number of rotatable bonds is 2. The first-order valence-electron chi connectivity index (χ1n) is 7.30. The molecule has 9 heteroatoms. The number of nitrogens with one attached hydrogen (secondary N) is 2. The summed E-state index contributed by atoms with van der Waals surface area (Å²) in [5, 5.41) is 14.3. The molecular weight excluding hydrogens is 368 g/mol. The van der Waals surface area contributed by atoms with Crippen molar-refractivity contribution in [2.75, 3.05) is 24.6 Å². The van der Waals surface area contributed by atoms with Gasteiger partial charge in [0.1, 0.15) is 0 Å². The monoisotopic (exact) mass is 386 g/mol. The average molecular weight is 387 g/mol. The maximum atomic E-state index is 11.8. The van der Waals surface area contributed by atoms with Crippen molar-refractivity contribution in [1.82, 2.24) is 10.6 Å². The quantitative estimate of drug-likeness (QED) is 0.717. The summed E-state index contributed by atoms with van der Waals surface area (Å²) >= 11 is 3.67. The molecule has 0 bridgehead atoms. The third kappa shape index (κ3) is 6.76. The normalized spacial score (nSPS) is 23.4. The molecule has 1 aromatic rings. The molecule has 2 saturated heterocycles. The lowest BCUT2D eigenvalue weighted by Gasteiger charge is -2.20. The van der Waals surface area contributed by atoms with E-state index in [4.69, 9.17) is 5.11 Å². The van der Waals surface area contributed by atoms with E-state index >= 15 is 0 Å². The predicted molar refractivity (Wildman–Crippen MR) is 99.9 cm³/mol. The van der Waals surface area contributed by atoms with E-state index in [0.29, 0.717) is 24.6 Å². The van der Waals surface area contributed by atoms with Crippen LogP contribution < -0.4 is 10.6 Å². The molecule has 2 amide bonds. The maximum absolute atomic E-state index is 11.8. The Labute approximate surface area is 152 Å². The Morgan fingerprint density at radius 2 is 1.67 bits per heavy atom. The van der Waals surface area contributed by atoms with E-state index in [1.54, 1.807) is 0 Å². The van der Waals surface area contributed by atoms with Crippen LogP contribution in [0, 0.1) is 0 Å². The van der Waals surface area contributed by atoms with Gasteiger partial charge in [0.15, 0.2) is 0 Å². The molecule has 0 aromatic heterocycles. The first-order chi connectivity index (χ1) is 11.5. The lowest BCUT2D eigenvalue weighted by atomic mass is 10.2. The fraction of sp³-hybridized carbons (Fsp3) is 0.400. The summed E-state index contributed by atoms with van der Waals surface area (Å²) in [5.41, 5.74) is 0.717. The topological polar surface area (TPSA) is 95.5 Å². The highest BCUT2D eigenvalue weighted by Gasteiger charge is 2.22. The lowest BCUT2D eigenvalue weighted by molar-refractivity contribution is 0.108. The first kappa shape index (κ1) is 19.2. The summed E-state index contributed by atoms with van der Waals surface area (Å²) in [6.07, 6.45) is -0.349. The lowest BCUT2D eigenvalue weighted by Crippen LogP contribution is -2.36. The van der Waals surface area contributed by atoms with E-state index in [9.17, 15) is 14.4 Å². The molecule has 6 nitrogen and oxygen atoms in total. The second-order valence-corrected chi connectivity index (χ2v) is 8.26. The molecular formula is C15H18N2O4S3. The van der Waals surface area contributed by atoms with Crippen LogP contribution >= 0.6 is 35.3 Å². The van der Waals surface area contributed by atoms with Crippen molar-refractivity contribution in [1.29, 1.82) is 0 Å². The van der Waals surface area contributed by atoms with Gasteiger partial charge in [0.05, 0.1) is 6.10 Å². The smallest absolute Gasteiger partial charge is 0.279 e.